The van der Waals surface area contributed by atoms with Gasteiger partial charge in [0.25, 0.3) is 0 Å². The van der Waals surface area contributed by atoms with E-state index in [1.54, 1.807) is 24.3 Å². The molecule has 0 atom stereocenters. The van der Waals surface area contributed by atoms with Gasteiger partial charge in [-0.2, -0.15) is 0 Å². The van der Waals surface area contributed by atoms with Crippen molar-refractivity contribution in [3.05, 3.63) is 24.3 Å². The Morgan fingerprint density at radius 2 is 2.00 bits per heavy atom. The van der Waals surface area contributed by atoms with E-state index in [9.17, 15) is 4.79 Å². The molecule has 0 spiro atoms. The maximum atomic E-state index is 10.9. The number of carbonyl (C=O) groups excluding carboxylic acids is 1. The summed E-state index contributed by atoms with van der Waals surface area (Å²) in [7, 11) is 0. The van der Waals surface area contributed by atoms with Crippen molar-refractivity contribution in [1.29, 1.82) is 0 Å². The number of anilines is 1. The molecular weight excluding hydrogens is 216 g/mol. The Kier molecular flexibility index (Phi) is 6.49. The molecule has 0 saturated carbocycles. The standard InChI is InChI=1S/C10H14N2O2.ClH/c1-2-14-9-5-3-8(4-6-9)12-10(13)7-11;/h3-6H,2,7,11H2,1H3,(H,12,13);1H. The lowest BCUT2D eigenvalue weighted by atomic mass is 10.3. The summed E-state index contributed by atoms with van der Waals surface area (Å²) < 4.78 is 5.25. The first-order valence-corrected chi connectivity index (χ1v) is 4.49. The SMILES string of the molecule is CCOc1ccc(NC(=O)CN)cc1.Cl. The number of hydrogen-bond acceptors (Lipinski definition) is 3. The van der Waals surface area contributed by atoms with Crippen LogP contribution in [0.1, 0.15) is 6.92 Å². The molecule has 0 saturated heterocycles. The number of hydrogen-bond donors (Lipinski definition) is 2. The van der Waals surface area contributed by atoms with E-state index < -0.39 is 0 Å². The fraction of sp³-hybridized carbons (Fsp3) is 0.300. The fourth-order valence-corrected chi connectivity index (χ4v) is 1.01. The minimum Gasteiger partial charge on any atom is -0.494 e. The van der Waals surface area contributed by atoms with Gasteiger partial charge in [-0.05, 0) is 31.2 Å². The first-order chi connectivity index (χ1) is 6.76. The predicted molar refractivity (Wildman–Crippen MR) is 62.5 cm³/mol. The van der Waals surface area contributed by atoms with E-state index in [2.05, 4.69) is 5.32 Å². The van der Waals surface area contributed by atoms with Crippen LogP contribution in [0.25, 0.3) is 0 Å². The van der Waals surface area contributed by atoms with Gasteiger partial charge in [0, 0.05) is 5.69 Å². The number of carbonyl (C=O) groups is 1. The second kappa shape index (κ2) is 7.09. The van der Waals surface area contributed by atoms with Gasteiger partial charge in [-0.1, -0.05) is 0 Å². The van der Waals surface area contributed by atoms with Gasteiger partial charge in [0.2, 0.25) is 5.91 Å². The molecule has 1 aromatic carbocycles. The quantitative estimate of drug-likeness (QED) is 0.822. The van der Waals surface area contributed by atoms with Gasteiger partial charge in [0.05, 0.1) is 13.2 Å². The lowest BCUT2D eigenvalue weighted by Crippen LogP contribution is -2.21. The van der Waals surface area contributed by atoms with Crippen LogP contribution in [0.5, 0.6) is 5.75 Å². The van der Waals surface area contributed by atoms with E-state index >= 15 is 0 Å². The van der Waals surface area contributed by atoms with Crippen LogP contribution >= 0.6 is 12.4 Å². The van der Waals surface area contributed by atoms with Crippen LogP contribution < -0.4 is 15.8 Å². The second-order valence-electron chi connectivity index (χ2n) is 2.71. The Balaban J connectivity index is 0.00000196. The van der Waals surface area contributed by atoms with Gasteiger partial charge < -0.3 is 15.8 Å². The van der Waals surface area contributed by atoms with Crippen LogP contribution in [-0.4, -0.2) is 19.1 Å². The lowest BCUT2D eigenvalue weighted by molar-refractivity contribution is -0.114. The van der Waals surface area contributed by atoms with Crippen LogP contribution in [0.3, 0.4) is 0 Å². The molecule has 15 heavy (non-hydrogen) atoms. The Morgan fingerprint density at radius 1 is 1.40 bits per heavy atom. The molecule has 0 aromatic heterocycles. The van der Waals surface area contributed by atoms with Crippen LogP contribution in [0.4, 0.5) is 5.69 Å². The average molecular weight is 231 g/mol. The highest BCUT2D eigenvalue weighted by Gasteiger charge is 1.98. The second-order valence-corrected chi connectivity index (χ2v) is 2.71. The zero-order valence-corrected chi connectivity index (χ0v) is 9.34. The normalized spacial score (nSPS) is 8.93. The molecule has 0 unspecified atom stereocenters. The molecule has 4 nitrogen and oxygen atoms in total. The Morgan fingerprint density at radius 3 is 2.47 bits per heavy atom. The zero-order valence-electron chi connectivity index (χ0n) is 8.53. The summed E-state index contributed by atoms with van der Waals surface area (Å²) in [6.07, 6.45) is 0. The minimum atomic E-state index is -0.200. The third-order valence-corrected chi connectivity index (χ3v) is 1.63. The summed E-state index contributed by atoms with van der Waals surface area (Å²) >= 11 is 0. The molecule has 0 aliphatic heterocycles. The summed E-state index contributed by atoms with van der Waals surface area (Å²) in [5.41, 5.74) is 5.89. The highest BCUT2D eigenvalue weighted by atomic mass is 35.5. The van der Waals surface area contributed by atoms with Gasteiger partial charge in [0.1, 0.15) is 5.75 Å². The molecule has 0 fully saturated rings. The van der Waals surface area contributed by atoms with Crippen molar-refractivity contribution < 1.29 is 9.53 Å². The number of rotatable bonds is 4. The highest BCUT2D eigenvalue weighted by Crippen LogP contribution is 2.15. The van der Waals surface area contributed by atoms with E-state index in [0.29, 0.717) is 6.61 Å². The van der Waals surface area contributed by atoms with Crippen LogP contribution in [0.2, 0.25) is 0 Å². The molecule has 5 heteroatoms. The minimum absolute atomic E-state index is 0. The van der Waals surface area contributed by atoms with E-state index in [4.69, 9.17) is 10.5 Å². The Hall–Kier alpha value is -1.26. The topological polar surface area (TPSA) is 64.3 Å². The maximum Gasteiger partial charge on any atom is 0.238 e. The van der Waals surface area contributed by atoms with Crippen molar-refractivity contribution in [2.45, 2.75) is 6.92 Å². The van der Waals surface area contributed by atoms with E-state index in [1.165, 1.54) is 0 Å². The summed E-state index contributed by atoms with van der Waals surface area (Å²) in [5.74, 6) is 0.590. The monoisotopic (exact) mass is 230 g/mol. The third-order valence-electron chi connectivity index (χ3n) is 1.63. The van der Waals surface area contributed by atoms with Crippen molar-refractivity contribution in [2.24, 2.45) is 5.73 Å². The van der Waals surface area contributed by atoms with Crippen molar-refractivity contribution in [1.82, 2.24) is 0 Å². The van der Waals surface area contributed by atoms with E-state index in [1.807, 2.05) is 6.92 Å². The fourth-order valence-electron chi connectivity index (χ4n) is 1.01. The Bertz CT molecular complexity index is 301. The van der Waals surface area contributed by atoms with Gasteiger partial charge >= 0.3 is 0 Å². The number of amides is 1. The van der Waals surface area contributed by atoms with Crippen molar-refractivity contribution in [3.8, 4) is 5.75 Å². The van der Waals surface area contributed by atoms with Gasteiger partial charge in [-0.25, -0.2) is 0 Å². The molecule has 0 aliphatic carbocycles. The molecule has 0 aliphatic rings. The third kappa shape index (κ3) is 4.67. The van der Waals surface area contributed by atoms with Crippen molar-refractivity contribution >= 4 is 24.0 Å². The molecule has 84 valence electrons. The first-order valence-electron chi connectivity index (χ1n) is 4.49. The molecular formula is C10H15ClN2O2. The highest BCUT2D eigenvalue weighted by molar-refractivity contribution is 5.92. The van der Waals surface area contributed by atoms with Crippen LogP contribution in [-0.2, 0) is 4.79 Å². The molecule has 0 radical (unpaired) electrons. The molecule has 3 N–H and O–H groups in total. The van der Waals surface area contributed by atoms with E-state index in [-0.39, 0.29) is 24.9 Å². The predicted octanol–water partition coefficient (Wildman–Crippen LogP) is 1.40. The summed E-state index contributed by atoms with van der Waals surface area (Å²) in [4.78, 5) is 10.9. The molecule has 0 heterocycles. The number of nitrogens with one attached hydrogen (secondary N) is 1. The maximum absolute atomic E-state index is 10.9. The van der Waals surface area contributed by atoms with Gasteiger partial charge in [0.15, 0.2) is 0 Å². The number of halogens is 1. The Labute approximate surface area is 95.2 Å². The van der Waals surface area contributed by atoms with Gasteiger partial charge in [-0.3, -0.25) is 4.79 Å². The lowest BCUT2D eigenvalue weighted by Gasteiger charge is -2.05. The summed E-state index contributed by atoms with van der Waals surface area (Å²) in [5, 5.41) is 2.64. The summed E-state index contributed by atoms with van der Waals surface area (Å²) in [6, 6.07) is 7.16. The average Bonchev–Trinajstić information content (AvgIpc) is 2.21. The molecule has 1 amide bonds. The zero-order chi connectivity index (χ0) is 10.4. The number of nitrogens with two attached hydrogens (primary N) is 1. The molecule has 0 bridgehead atoms. The first kappa shape index (κ1) is 13.7. The van der Waals surface area contributed by atoms with Crippen molar-refractivity contribution in [3.63, 3.8) is 0 Å². The van der Waals surface area contributed by atoms with Gasteiger partial charge in [-0.15, -0.1) is 12.4 Å². The number of ether oxygens (including phenoxy) is 1. The van der Waals surface area contributed by atoms with Crippen LogP contribution in [0, 0.1) is 0 Å². The van der Waals surface area contributed by atoms with E-state index in [0.717, 1.165) is 11.4 Å². The summed E-state index contributed by atoms with van der Waals surface area (Å²) in [6.45, 7) is 2.55. The van der Waals surface area contributed by atoms with Crippen LogP contribution in [0.15, 0.2) is 24.3 Å². The van der Waals surface area contributed by atoms with Crippen molar-refractivity contribution in [2.75, 3.05) is 18.5 Å². The number of benzene rings is 1. The molecule has 1 rings (SSSR count). The molecule has 1 aromatic rings. The largest absolute Gasteiger partial charge is 0.494 e. The smallest absolute Gasteiger partial charge is 0.238 e.